The van der Waals surface area contributed by atoms with E-state index >= 15 is 0 Å². The molecule has 0 aromatic heterocycles. The number of allylic oxidation sites excluding steroid dienone is 6. The molecule has 0 radical (unpaired) electrons. The zero-order valence-corrected chi connectivity index (χ0v) is 35.7. The van der Waals surface area contributed by atoms with Gasteiger partial charge in [-0.05, 0) is 0 Å². The molecule has 0 saturated heterocycles. The fraction of sp³-hybridized carbons (Fsp3) is 0.778. The summed E-state index contributed by atoms with van der Waals surface area (Å²) in [6, 6.07) is 0. The Balaban J connectivity index is 2.93. The Morgan fingerprint density at radius 1 is 0.561 bits per heavy atom. The van der Waals surface area contributed by atoms with Gasteiger partial charge in [0.25, 0.3) is 0 Å². The molecule has 0 aromatic rings. The summed E-state index contributed by atoms with van der Waals surface area (Å²) in [7, 11) is -3.44. The number of hydrogen-bond acceptors (Lipinski definition) is 0. The van der Waals surface area contributed by atoms with Crippen LogP contribution in [0, 0.1) is 11.8 Å². The second-order valence-corrected chi connectivity index (χ2v) is 39.7. The van der Waals surface area contributed by atoms with Gasteiger partial charge in [0.2, 0.25) is 0 Å². The van der Waals surface area contributed by atoms with Gasteiger partial charge in [0.1, 0.15) is 0 Å². The Morgan fingerprint density at radius 2 is 0.854 bits per heavy atom. The van der Waals surface area contributed by atoms with E-state index in [0.29, 0.717) is 0 Å². The van der Waals surface area contributed by atoms with Crippen molar-refractivity contribution in [2.75, 3.05) is 0 Å². The standard InChI is InChI=1S/2C17H32BSi.2CH3.Sn/c2*1-8-15-13-19(6,7)16(12-11-14(4)5)17(15)18(9-2)10-3;;;/h2*14H,8-12H2,1-7H3;2*1H3;. The SMILES string of the molecule is CCB(CC)C1=C(CCC(C)C)[Si](C)(C)[C]([Sn]([CH3])([CH3])[C]2=C(CC)C(B(CC)CC)=C(CCC(C)C)[Si]2(C)C)=C1CC. The van der Waals surface area contributed by atoms with Crippen LogP contribution in [-0.2, 0) is 0 Å². The first-order valence-electron chi connectivity index (χ1n) is 18.0. The molecular formula is C36H70B2Si2Sn. The van der Waals surface area contributed by atoms with Crippen LogP contribution in [0.15, 0.2) is 38.9 Å². The molecule has 0 aromatic carbocycles. The molecule has 2 aliphatic heterocycles. The van der Waals surface area contributed by atoms with E-state index in [9.17, 15) is 0 Å². The molecule has 0 unspecified atom stereocenters. The monoisotopic (exact) mass is 700 g/mol. The molecule has 0 N–H and O–H groups in total. The summed E-state index contributed by atoms with van der Waals surface area (Å²) in [5, 5.41) is 3.97. The van der Waals surface area contributed by atoms with Crippen LogP contribution in [0.1, 0.15) is 108 Å². The molecule has 0 nitrogen and oxygen atoms in total. The molecule has 2 rings (SSSR count). The summed E-state index contributed by atoms with van der Waals surface area (Å²) < 4.78 is 4.29. The Labute approximate surface area is 266 Å². The molecule has 0 amide bonds. The Kier molecular flexibility index (Phi) is 13.8. The van der Waals surface area contributed by atoms with E-state index in [0.717, 1.165) is 25.3 Å². The van der Waals surface area contributed by atoms with Crippen LogP contribution < -0.4 is 0 Å². The first-order chi connectivity index (χ1) is 19.0. The summed E-state index contributed by atoms with van der Waals surface area (Å²) >= 11 is -2.94. The molecule has 41 heavy (non-hydrogen) atoms. The van der Waals surface area contributed by atoms with Crippen molar-refractivity contribution in [3.05, 3.63) is 38.9 Å². The Morgan fingerprint density at radius 3 is 1.07 bits per heavy atom. The van der Waals surface area contributed by atoms with Gasteiger partial charge in [-0.3, -0.25) is 0 Å². The summed E-state index contributed by atoms with van der Waals surface area (Å²) in [5.41, 5.74) is 7.61. The van der Waals surface area contributed by atoms with E-state index in [4.69, 9.17) is 0 Å². The zero-order valence-electron chi connectivity index (χ0n) is 30.9. The molecule has 2 aliphatic rings. The second kappa shape index (κ2) is 15.1. The van der Waals surface area contributed by atoms with Gasteiger partial charge in [-0.2, -0.15) is 0 Å². The van der Waals surface area contributed by atoms with Gasteiger partial charge in [0.15, 0.2) is 0 Å². The van der Waals surface area contributed by atoms with Crippen molar-refractivity contribution >= 4 is 48.0 Å². The van der Waals surface area contributed by atoms with Crippen LogP contribution in [0.2, 0.25) is 61.3 Å². The molecule has 0 aliphatic carbocycles. The van der Waals surface area contributed by atoms with Gasteiger partial charge < -0.3 is 0 Å². The van der Waals surface area contributed by atoms with Gasteiger partial charge in [0, 0.05) is 0 Å². The minimum atomic E-state index is -2.94. The summed E-state index contributed by atoms with van der Waals surface area (Å²) in [4.78, 5) is 5.83. The molecule has 0 fully saturated rings. The fourth-order valence-electron chi connectivity index (χ4n) is 9.68. The van der Waals surface area contributed by atoms with Gasteiger partial charge in [0.05, 0.1) is 0 Å². The average Bonchev–Trinajstić information content (AvgIpc) is 3.26. The Hall–Kier alpha value is 0.322. The van der Waals surface area contributed by atoms with Crippen molar-refractivity contribution in [2.45, 2.75) is 169 Å². The molecule has 0 bridgehead atoms. The van der Waals surface area contributed by atoms with Gasteiger partial charge >= 0.3 is 268 Å². The summed E-state index contributed by atoms with van der Waals surface area (Å²) in [5.74, 6) is 1.57. The zero-order chi connectivity index (χ0) is 31.5. The molecule has 0 saturated carbocycles. The summed E-state index contributed by atoms with van der Waals surface area (Å²) in [6.45, 7) is 37.4. The predicted molar refractivity (Wildman–Crippen MR) is 203 cm³/mol. The van der Waals surface area contributed by atoms with E-state index in [2.05, 4.69) is 112 Å². The molecule has 5 heteroatoms. The first kappa shape index (κ1) is 37.5. The third-order valence-electron chi connectivity index (χ3n) is 11.4. The topological polar surface area (TPSA) is 0 Å². The van der Waals surface area contributed by atoms with Gasteiger partial charge in [-0.1, -0.05) is 0 Å². The molecular weight excluding hydrogens is 629 g/mol. The number of hydrogen-bond donors (Lipinski definition) is 0. The van der Waals surface area contributed by atoms with Crippen LogP contribution in [0.25, 0.3) is 0 Å². The van der Waals surface area contributed by atoms with Crippen LogP contribution in [-0.4, -0.2) is 48.0 Å². The van der Waals surface area contributed by atoms with Crippen molar-refractivity contribution in [3.63, 3.8) is 0 Å². The van der Waals surface area contributed by atoms with E-state index in [1.165, 1.54) is 63.8 Å². The quantitative estimate of drug-likeness (QED) is 0.141. The first-order valence-corrected chi connectivity index (χ1v) is 32.6. The van der Waals surface area contributed by atoms with E-state index in [1.807, 2.05) is 32.5 Å². The predicted octanol–water partition coefficient (Wildman–Crippen LogP) is 12.4. The average molecular weight is 699 g/mol. The molecule has 232 valence electrons. The maximum absolute atomic E-state index is 2.94. The number of rotatable bonds is 16. The van der Waals surface area contributed by atoms with Crippen LogP contribution in [0.5, 0.6) is 0 Å². The van der Waals surface area contributed by atoms with Crippen molar-refractivity contribution in [1.29, 1.82) is 0 Å². The fourth-order valence-corrected chi connectivity index (χ4v) is 57.8. The third-order valence-corrected chi connectivity index (χ3v) is 46.5. The van der Waals surface area contributed by atoms with Crippen LogP contribution >= 0.6 is 0 Å². The van der Waals surface area contributed by atoms with Gasteiger partial charge in [-0.25, -0.2) is 0 Å². The maximum atomic E-state index is 2.92. The van der Waals surface area contributed by atoms with Crippen LogP contribution in [0.3, 0.4) is 0 Å². The Bertz CT molecular complexity index is 965. The summed E-state index contributed by atoms with van der Waals surface area (Å²) in [6.07, 6.45) is 13.2. The second-order valence-electron chi connectivity index (χ2n) is 16.0. The van der Waals surface area contributed by atoms with Crippen molar-refractivity contribution < 1.29 is 0 Å². The molecule has 0 spiro atoms. The van der Waals surface area contributed by atoms with Crippen LogP contribution in [0.4, 0.5) is 0 Å². The van der Waals surface area contributed by atoms with E-state index in [-0.39, 0.29) is 0 Å². The minimum absolute atomic E-state index is 0.756. The van der Waals surface area contributed by atoms with Crippen molar-refractivity contribution in [2.24, 2.45) is 11.8 Å². The molecule has 2 heterocycles. The normalized spacial score (nSPS) is 19.2. The van der Waals surface area contributed by atoms with Crippen molar-refractivity contribution in [3.8, 4) is 0 Å². The van der Waals surface area contributed by atoms with Crippen molar-refractivity contribution in [1.82, 2.24) is 0 Å². The molecule has 0 atom stereocenters. The van der Waals surface area contributed by atoms with Gasteiger partial charge in [-0.15, -0.1) is 0 Å². The third kappa shape index (κ3) is 7.26. The van der Waals surface area contributed by atoms with E-state index in [1.54, 1.807) is 0 Å². The van der Waals surface area contributed by atoms with E-state index < -0.39 is 34.5 Å².